The van der Waals surface area contributed by atoms with E-state index < -0.39 is 0 Å². The highest BCUT2D eigenvalue weighted by molar-refractivity contribution is 5.86. The second kappa shape index (κ2) is 4.62. The SMILES string of the molecule is CCn1cncc1Cn1ccc2c(C#N)cccc21. The van der Waals surface area contributed by atoms with Crippen molar-refractivity contribution in [1.29, 1.82) is 5.26 Å². The predicted octanol–water partition coefficient (Wildman–Crippen LogP) is 2.78. The Morgan fingerprint density at radius 1 is 1.26 bits per heavy atom. The molecule has 4 heteroatoms. The van der Waals surface area contributed by atoms with Crippen LogP contribution in [0, 0.1) is 11.3 Å². The molecule has 94 valence electrons. The van der Waals surface area contributed by atoms with Crippen LogP contribution >= 0.6 is 0 Å². The van der Waals surface area contributed by atoms with Gasteiger partial charge in [-0.3, -0.25) is 0 Å². The molecule has 1 aromatic carbocycles. The summed E-state index contributed by atoms with van der Waals surface area (Å²) in [6, 6.07) is 10.1. The van der Waals surface area contributed by atoms with Gasteiger partial charge in [-0.25, -0.2) is 4.98 Å². The molecule has 4 nitrogen and oxygen atoms in total. The van der Waals surface area contributed by atoms with Crippen molar-refractivity contribution in [3.05, 3.63) is 54.2 Å². The monoisotopic (exact) mass is 250 g/mol. The molecule has 0 saturated heterocycles. The summed E-state index contributed by atoms with van der Waals surface area (Å²) in [6.45, 7) is 3.79. The highest BCUT2D eigenvalue weighted by atomic mass is 15.1. The quantitative estimate of drug-likeness (QED) is 0.717. The number of fused-ring (bicyclic) bond motifs is 1. The molecule has 0 bridgehead atoms. The minimum Gasteiger partial charge on any atom is -0.341 e. The van der Waals surface area contributed by atoms with Crippen LogP contribution in [0.1, 0.15) is 18.2 Å². The molecular weight excluding hydrogens is 236 g/mol. The van der Waals surface area contributed by atoms with Gasteiger partial charge in [-0.2, -0.15) is 5.26 Å². The average Bonchev–Trinajstić information content (AvgIpc) is 3.06. The van der Waals surface area contributed by atoms with Crippen LogP contribution in [0.25, 0.3) is 10.9 Å². The summed E-state index contributed by atoms with van der Waals surface area (Å²) in [7, 11) is 0. The van der Waals surface area contributed by atoms with E-state index in [1.54, 1.807) is 0 Å². The van der Waals surface area contributed by atoms with Crippen LogP contribution in [0.15, 0.2) is 43.0 Å². The lowest BCUT2D eigenvalue weighted by Crippen LogP contribution is -2.05. The highest BCUT2D eigenvalue weighted by Gasteiger charge is 2.07. The number of nitrogens with zero attached hydrogens (tertiary/aromatic N) is 4. The highest BCUT2D eigenvalue weighted by Crippen LogP contribution is 2.20. The molecule has 0 N–H and O–H groups in total. The fourth-order valence-corrected chi connectivity index (χ4v) is 2.40. The first kappa shape index (κ1) is 11.5. The molecule has 0 aliphatic heterocycles. The number of aromatic nitrogens is 3. The van der Waals surface area contributed by atoms with E-state index in [2.05, 4.69) is 27.1 Å². The standard InChI is InChI=1S/C15H14N4/c1-2-18-11-17-9-13(18)10-19-7-6-14-12(8-16)4-3-5-15(14)19/h3-7,9,11H,2,10H2,1H3. The van der Waals surface area contributed by atoms with Crippen molar-refractivity contribution in [2.45, 2.75) is 20.0 Å². The van der Waals surface area contributed by atoms with Gasteiger partial charge in [0.25, 0.3) is 0 Å². The van der Waals surface area contributed by atoms with Crippen LogP contribution in [0.5, 0.6) is 0 Å². The van der Waals surface area contributed by atoms with E-state index in [1.807, 2.05) is 43.0 Å². The molecule has 0 aliphatic carbocycles. The van der Waals surface area contributed by atoms with Crippen molar-refractivity contribution in [2.75, 3.05) is 0 Å². The third-order valence-electron chi connectivity index (χ3n) is 3.41. The lowest BCUT2D eigenvalue weighted by Gasteiger charge is -2.08. The zero-order valence-corrected chi connectivity index (χ0v) is 10.7. The van der Waals surface area contributed by atoms with Gasteiger partial charge in [0.2, 0.25) is 0 Å². The van der Waals surface area contributed by atoms with Crippen LogP contribution < -0.4 is 0 Å². The Morgan fingerprint density at radius 3 is 2.95 bits per heavy atom. The fraction of sp³-hybridized carbons (Fsp3) is 0.200. The number of rotatable bonds is 3. The molecule has 2 heterocycles. The number of hydrogen-bond acceptors (Lipinski definition) is 2. The second-order valence-electron chi connectivity index (χ2n) is 4.46. The number of hydrogen-bond donors (Lipinski definition) is 0. The zero-order chi connectivity index (χ0) is 13.2. The summed E-state index contributed by atoms with van der Waals surface area (Å²) in [6.07, 6.45) is 5.77. The first-order valence-corrected chi connectivity index (χ1v) is 6.30. The smallest absolute Gasteiger partial charge is 0.0998 e. The van der Waals surface area contributed by atoms with E-state index in [0.29, 0.717) is 0 Å². The van der Waals surface area contributed by atoms with Gasteiger partial charge >= 0.3 is 0 Å². The second-order valence-corrected chi connectivity index (χ2v) is 4.46. The molecular formula is C15H14N4. The predicted molar refractivity (Wildman–Crippen MR) is 73.7 cm³/mol. The van der Waals surface area contributed by atoms with E-state index in [-0.39, 0.29) is 0 Å². The van der Waals surface area contributed by atoms with Crippen LogP contribution in [-0.2, 0) is 13.1 Å². The lowest BCUT2D eigenvalue weighted by molar-refractivity contribution is 0.679. The number of imidazole rings is 1. The largest absolute Gasteiger partial charge is 0.341 e. The maximum Gasteiger partial charge on any atom is 0.0998 e. The maximum absolute atomic E-state index is 9.11. The van der Waals surface area contributed by atoms with E-state index in [0.717, 1.165) is 29.6 Å². The fourth-order valence-electron chi connectivity index (χ4n) is 2.40. The van der Waals surface area contributed by atoms with Gasteiger partial charge in [-0.1, -0.05) is 6.07 Å². The molecule has 0 radical (unpaired) electrons. The summed E-state index contributed by atoms with van der Waals surface area (Å²) in [5.41, 5.74) is 2.98. The van der Waals surface area contributed by atoms with Gasteiger partial charge in [-0.05, 0) is 25.1 Å². The number of nitriles is 1. The van der Waals surface area contributed by atoms with E-state index >= 15 is 0 Å². The molecule has 2 aromatic heterocycles. The zero-order valence-electron chi connectivity index (χ0n) is 10.7. The Kier molecular flexibility index (Phi) is 2.81. The third-order valence-corrected chi connectivity index (χ3v) is 3.41. The summed E-state index contributed by atoms with van der Waals surface area (Å²) in [5.74, 6) is 0. The minimum atomic E-state index is 0.722. The van der Waals surface area contributed by atoms with Crippen molar-refractivity contribution in [2.24, 2.45) is 0 Å². The molecule has 0 atom stereocenters. The summed E-state index contributed by atoms with van der Waals surface area (Å²) in [4.78, 5) is 4.18. The Balaban J connectivity index is 2.05. The summed E-state index contributed by atoms with van der Waals surface area (Å²) in [5, 5.41) is 10.1. The van der Waals surface area contributed by atoms with Crippen molar-refractivity contribution < 1.29 is 0 Å². The molecule has 0 aliphatic rings. The molecule has 3 aromatic rings. The molecule has 3 rings (SSSR count). The first-order chi connectivity index (χ1) is 9.33. The van der Waals surface area contributed by atoms with Gasteiger partial charge in [-0.15, -0.1) is 0 Å². The topological polar surface area (TPSA) is 46.5 Å². The van der Waals surface area contributed by atoms with E-state index in [1.165, 1.54) is 5.69 Å². The third kappa shape index (κ3) is 1.89. The average molecular weight is 250 g/mol. The number of benzene rings is 1. The van der Waals surface area contributed by atoms with Crippen LogP contribution in [0.3, 0.4) is 0 Å². The Labute approximate surface area is 111 Å². The lowest BCUT2D eigenvalue weighted by atomic mass is 10.1. The molecule has 19 heavy (non-hydrogen) atoms. The van der Waals surface area contributed by atoms with Gasteiger partial charge in [0, 0.05) is 29.8 Å². The molecule has 0 spiro atoms. The summed E-state index contributed by atoms with van der Waals surface area (Å²) < 4.78 is 4.28. The maximum atomic E-state index is 9.11. The van der Waals surface area contributed by atoms with Crippen LogP contribution in [0.2, 0.25) is 0 Å². The molecule has 0 unspecified atom stereocenters. The van der Waals surface area contributed by atoms with Crippen molar-refractivity contribution in [3.8, 4) is 6.07 Å². The Hall–Kier alpha value is -2.54. The first-order valence-electron chi connectivity index (χ1n) is 6.30. The normalized spacial score (nSPS) is 10.7. The van der Waals surface area contributed by atoms with Gasteiger partial charge < -0.3 is 9.13 Å². The van der Waals surface area contributed by atoms with Crippen molar-refractivity contribution in [3.63, 3.8) is 0 Å². The molecule has 0 saturated carbocycles. The summed E-state index contributed by atoms with van der Waals surface area (Å²) >= 11 is 0. The van der Waals surface area contributed by atoms with Gasteiger partial charge in [0.15, 0.2) is 0 Å². The Bertz CT molecular complexity index is 758. The van der Waals surface area contributed by atoms with Gasteiger partial charge in [0.1, 0.15) is 0 Å². The van der Waals surface area contributed by atoms with Crippen LogP contribution in [0.4, 0.5) is 0 Å². The molecule has 0 amide bonds. The Morgan fingerprint density at radius 2 is 2.16 bits per heavy atom. The minimum absolute atomic E-state index is 0.722. The van der Waals surface area contributed by atoms with E-state index in [4.69, 9.17) is 5.26 Å². The molecule has 0 fully saturated rings. The van der Waals surface area contributed by atoms with Crippen LogP contribution in [-0.4, -0.2) is 14.1 Å². The van der Waals surface area contributed by atoms with Crippen molar-refractivity contribution >= 4 is 10.9 Å². The number of aryl methyl sites for hydroxylation is 1. The van der Waals surface area contributed by atoms with E-state index in [9.17, 15) is 0 Å². The van der Waals surface area contributed by atoms with Crippen molar-refractivity contribution in [1.82, 2.24) is 14.1 Å². The van der Waals surface area contributed by atoms with Gasteiger partial charge in [0.05, 0.1) is 30.2 Å².